The summed E-state index contributed by atoms with van der Waals surface area (Å²) in [5.41, 5.74) is 4.30. The predicted octanol–water partition coefficient (Wildman–Crippen LogP) is 4.90. The van der Waals surface area contributed by atoms with Crippen molar-refractivity contribution < 1.29 is 0 Å². The molecule has 0 unspecified atom stereocenters. The van der Waals surface area contributed by atoms with Gasteiger partial charge < -0.3 is 4.98 Å². The number of benzene rings is 3. The summed E-state index contributed by atoms with van der Waals surface area (Å²) in [6.07, 6.45) is 4.73. The second-order valence-electron chi connectivity index (χ2n) is 6.18. The Hall–Kier alpha value is -3.13. The Kier molecular flexibility index (Phi) is 3.95. The number of aromatic nitrogens is 2. The topological polar surface area (TPSA) is 28.7 Å². The molecule has 0 aliphatic heterocycles. The maximum absolute atomic E-state index is 4.58. The lowest BCUT2D eigenvalue weighted by atomic mass is 9.67. The van der Waals surface area contributed by atoms with Gasteiger partial charge in [-0.25, -0.2) is 4.98 Å². The van der Waals surface area contributed by atoms with Gasteiger partial charge in [0.25, 0.3) is 0 Å². The van der Waals surface area contributed by atoms with E-state index in [0.717, 1.165) is 5.82 Å². The van der Waals surface area contributed by atoms with Crippen molar-refractivity contribution in [1.82, 2.24) is 9.97 Å². The summed E-state index contributed by atoms with van der Waals surface area (Å²) in [7, 11) is 0. The minimum Gasteiger partial charge on any atom is -0.347 e. The van der Waals surface area contributed by atoms with Crippen LogP contribution in [0.4, 0.5) is 0 Å². The third kappa shape index (κ3) is 2.47. The van der Waals surface area contributed by atoms with Crippen LogP contribution in [-0.2, 0) is 5.41 Å². The summed E-state index contributed by atoms with van der Waals surface area (Å²) in [6, 6.07) is 29.6. The number of aryl methyl sites for hydroxylation is 1. The number of imidazole rings is 1. The van der Waals surface area contributed by atoms with Crippen LogP contribution >= 0.6 is 0 Å². The average molecular weight is 323 g/mol. The molecule has 1 radical (unpaired) electrons. The van der Waals surface area contributed by atoms with Crippen molar-refractivity contribution in [3.05, 3.63) is 125 Å². The van der Waals surface area contributed by atoms with Crippen LogP contribution in [0.1, 0.15) is 28.1 Å². The molecule has 0 fully saturated rings. The molecule has 0 aliphatic carbocycles. The molecule has 4 aromatic rings. The zero-order chi connectivity index (χ0) is 17.1. The van der Waals surface area contributed by atoms with Crippen LogP contribution in [0.15, 0.2) is 91.1 Å². The summed E-state index contributed by atoms with van der Waals surface area (Å²) in [5, 5.41) is 0. The highest BCUT2D eigenvalue weighted by Gasteiger charge is 2.41. The van der Waals surface area contributed by atoms with Crippen molar-refractivity contribution in [1.29, 1.82) is 0 Å². The SMILES string of the molecule is Cc1ccccc1C(c1ccccc1)(c1ccccc1)c1n[c]c[nH]1. The first-order valence-electron chi connectivity index (χ1n) is 8.42. The molecule has 4 rings (SSSR count). The van der Waals surface area contributed by atoms with Gasteiger partial charge in [0.2, 0.25) is 0 Å². The normalized spacial score (nSPS) is 11.4. The minimum absolute atomic E-state index is 0.506. The van der Waals surface area contributed by atoms with Crippen LogP contribution in [-0.4, -0.2) is 9.97 Å². The Morgan fingerprint density at radius 1 is 0.760 bits per heavy atom. The van der Waals surface area contributed by atoms with Gasteiger partial charge in [-0.3, -0.25) is 0 Å². The average Bonchev–Trinajstić information content (AvgIpc) is 3.21. The molecule has 1 aromatic heterocycles. The molecule has 1 heterocycles. The van der Waals surface area contributed by atoms with Gasteiger partial charge in [0, 0.05) is 6.20 Å². The van der Waals surface area contributed by atoms with Gasteiger partial charge in [0.15, 0.2) is 0 Å². The molecule has 0 aliphatic rings. The number of hydrogen-bond donors (Lipinski definition) is 1. The second kappa shape index (κ2) is 6.40. The fraction of sp³-hybridized carbons (Fsp3) is 0.0870. The first kappa shape index (κ1) is 15.4. The standard InChI is InChI=1S/C23H19N2/c1-18-10-8-9-15-21(18)23(22-24-16-17-25-22,19-11-4-2-5-12-19)20-13-6-3-7-14-20/h2-16H,1H3,(H,24,25). The van der Waals surface area contributed by atoms with Crippen molar-refractivity contribution >= 4 is 0 Å². The van der Waals surface area contributed by atoms with E-state index in [2.05, 4.69) is 95.9 Å². The van der Waals surface area contributed by atoms with E-state index < -0.39 is 5.41 Å². The van der Waals surface area contributed by atoms with Gasteiger partial charge in [-0.05, 0) is 29.2 Å². The van der Waals surface area contributed by atoms with Gasteiger partial charge in [-0.15, -0.1) is 0 Å². The Balaban J connectivity index is 2.15. The van der Waals surface area contributed by atoms with Crippen molar-refractivity contribution in [3.63, 3.8) is 0 Å². The Labute approximate surface area is 148 Å². The number of H-pyrrole nitrogens is 1. The van der Waals surface area contributed by atoms with E-state index in [4.69, 9.17) is 0 Å². The number of nitrogens with one attached hydrogen (secondary N) is 1. The molecule has 0 saturated carbocycles. The summed E-state index contributed by atoms with van der Waals surface area (Å²) in [5.74, 6) is 0.874. The highest BCUT2D eigenvalue weighted by Crippen LogP contribution is 2.44. The lowest BCUT2D eigenvalue weighted by molar-refractivity contribution is 0.686. The molecule has 121 valence electrons. The lowest BCUT2D eigenvalue weighted by Crippen LogP contribution is -2.33. The molecule has 0 bridgehead atoms. The molecule has 3 aromatic carbocycles. The Morgan fingerprint density at radius 3 is 1.84 bits per heavy atom. The van der Waals surface area contributed by atoms with E-state index in [1.54, 1.807) is 6.20 Å². The van der Waals surface area contributed by atoms with Crippen molar-refractivity contribution in [2.45, 2.75) is 12.3 Å². The van der Waals surface area contributed by atoms with E-state index in [9.17, 15) is 0 Å². The van der Waals surface area contributed by atoms with E-state index >= 15 is 0 Å². The smallest absolute Gasteiger partial charge is 0.126 e. The molecule has 2 nitrogen and oxygen atoms in total. The molecule has 25 heavy (non-hydrogen) atoms. The number of hydrogen-bond acceptors (Lipinski definition) is 1. The largest absolute Gasteiger partial charge is 0.347 e. The zero-order valence-corrected chi connectivity index (χ0v) is 14.1. The van der Waals surface area contributed by atoms with Gasteiger partial charge in [0.1, 0.15) is 17.4 Å². The van der Waals surface area contributed by atoms with Crippen LogP contribution in [0, 0.1) is 13.1 Å². The Bertz CT molecular complexity index is 902. The molecule has 0 spiro atoms. The molecular formula is C23H19N2. The summed E-state index contributed by atoms with van der Waals surface area (Å²) in [6.45, 7) is 2.16. The quantitative estimate of drug-likeness (QED) is 0.532. The highest BCUT2D eigenvalue weighted by molar-refractivity contribution is 5.58. The maximum atomic E-state index is 4.58. The van der Waals surface area contributed by atoms with Crippen molar-refractivity contribution in [2.24, 2.45) is 0 Å². The molecule has 2 heteroatoms. The molecule has 0 atom stereocenters. The van der Waals surface area contributed by atoms with Crippen molar-refractivity contribution in [3.8, 4) is 0 Å². The summed E-state index contributed by atoms with van der Waals surface area (Å²) < 4.78 is 0. The summed E-state index contributed by atoms with van der Waals surface area (Å²) in [4.78, 5) is 7.91. The molecule has 0 saturated heterocycles. The third-order valence-electron chi connectivity index (χ3n) is 4.77. The van der Waals surface area contributed by atoms with Crippen LogP contribution in [0.25, 0.3) is 0 Å². The Morgan fingerprint density at radius 2 is 1.32 bits per heavy atom. The van der Waals surface area contributed by atoms with Gasteiger partial charge >= 0.3 is 0 Å². The van der Waals surface area contributed by atoms with Crippen LogP contribution in [0.3, 0.4) is 0 Å². The highest BCUT2D eigenvalue weighted by atomic mass is 14.9. The number of rotatable bonds is 4. The fourth-order valence-corrected chi connectivity index (χ4v) is 3.67. The molecular weight excluding hydrogens is 304 g/mol. The van der Waals surface area contributed by atoms with E-state index in [1.807, 2.05) is 12.1 Å². The second-order valence-corrected chi connectivity index (χ2v) is 6.18. The van der Waals surface area contributed by atoms with E-state index in [1.165, 1.54) is 22.3 Å². The zero-order valence-electron chi connectivity index (χ0n) is 14.1. The number of nitrogens with zero attached hydrogens (tertiary/aromatic N) is 1. The van der Waals surface area contributed by atoms with Gasteiger partial charge in [0.05, 0.1) is 0 Å². The first-order valence-corrected chi connectivity index (χ1v) is 8.42. The van der Waals surface area contributed by atoms with Gasteiger partial charge in [-0.1, -0.05) is 84.9 Å². The third-order valence-corrected chi connectivity index (χ3v) is 4.77. The fourth-order valence-electron chi connectivity index (χ4n) is 3.67. The lowest BCUT2D eigenvalue weighted by Gasteiger charge is -2.35. The molecule has 0 amide bonds. The number of aromatic amines is 1. The van der Waals surface area contributed by atoms with Crippen LogP contribution in [0.2, 0.25) is 0 Å². The van der Waals surface area contributed by atoms with Crippen LogP contribution < -0.4 is 0 Å². The van der Waals surface area contributed by atoms with E-state index in [-0.39, 0.29) is 0 Å². The summed E-state index contributed by atoms with van der Waals surface area (Å²) >= 11 is 0. The minimum atomic E-state index is -0.506. The van der Waals surface area contributed by atoms with E-state index in [0.29, 0.717) is 0 Å². The first-order chi connectivity index (χ1) is 12.3. The monoisotopic (exact) mass is 323 g/mol. The maximum Gasteiger partial charge on any atom is 0.126 e. The van der Waals surface area contributed by atoms with Gasteiger partial charge in [-0.2, -0.15) is 0 Å². The van der Waals surface area contributed by atoms with Crippen LogP contribution in [0.5, 0.6) is 0 Å². The van der Waals surface area contributed by atoms with Crippen molar-refractivity contribution in [2.75, 3.05) is 0 Å². The predicted molar refractivity (Wildman–Crippen MR) is 100 cm³/mol. The molecule has 1 N–H and O–H groups in total.